The van der Waals surface area contributed by atoms with Crippen molar-refractivity contribution in [2.45, 2.75) is 12.8 Å². The molecule has 0 aliphatic carbocycles. The molecule has 26 heavy (non-hydrogen) atoms. The second-order valence-corrected chi connectivity index (χ2v) is 9.51. The minimum atomic E-state index is 0.309. The van der Waals surface area contributed by atoms with Crippen LogP contribution in [0.4, 0.5) is 0 Å². The molecular formula is C20H18Cl4S2. The molecule has 0 bridgehead atoms. The van der Waals surface area contributed by atoms with Gasteiger partial charge in [0.15, 0.2) is 0 Å². The Hall–Kier alpha value is -0.220. The predicted octanol–water partition coefficient (Wildman–Crippen LogP) is 8.23. The maximum atomic E-state index is 6.29. The molecule has 138 valence electrons. The summed E-state index contributed by atoms with van der Waals surface area (Å²) in [7, 11) is 0. The minimum absolute atomic E-state index is 0.309. The lowest BCUT2D eigenvalue weighted by molar-refractivity contribution is 1.16. The predicted molar refractivity (Wildman–Crippen MR) is 123 cm³/mol. The number of halogens is 4. The largest absolute Gasteiger partial charge is 0.112 e. The Labute approximate surface area is 183 Å². The van der Waals surface area contributed by atoms with Crippen LogP contribution in [0.5, 0.6) is 0 Å². The quantitative estimate of drug-likeness (QED) is 0.343. The molecule has 0 amide bonds. The second-order valence-electron chi connectivity index (χ2n) is 5.34. The summed E-state index contributed by atoms with van der Waals surface area (Å²) in [6, 6.07) is 20.5. The van der Waals surface area contributed by atoms with Gasteiger partial charge in [-0.2, -0.15) is 0 Å². The van der Waals surface area contributed by atoms with Crippen LogP contribution in [-0.4, -0.2) is 11.5 Å². The van der Waals surface area contributed by atoms with Crippen LogP contribution >= 0.6 is 69.9 Å². The highest BCUT2D eigenvalue weighted by Gasteiger charge is 2.12. The molecule has 0 N–H and O–H groups in total. The zero-order valence-corrected chi connectivity index (χ0v) is 18.6. The lowest BCUT2D eigenvalue weighted by Crippen LogP contribution is -1.89. The lowest BCUT2D eigenvalue weighted by Gasteiger charge is -2.06. The number of benzene rings is 2. The van der Waals surface area contributed by atoms with Crippen molar-refractivity contribution in [1.29, 1.82) is 0 Å². The first-order chi connectivity index (χ1) is 12.6. The number of aryl methyl sites for hydroxylation is 2. The third-order valence-electron chi connectivity index (χ3n) is 3.46. The molecule has 0 atom stereocenters. The van der Waals surface area contributed by atoms with Crippen molar-refractivity contribution in [2.24, 2.45) is 0 Å². The summed E-state index contributed by atoms with van der Waals surface area (Å²) in [5, 5.41) is 0.618. The van der Waals surface area contributed by atoms with Crippen molar-refractivity contribution in [1.82, 2.24) is 0 Å². The molecule has 2 aromatic rings. The van der Waals surface area contributed by atoms with Crippen LogP contribution < -0.4 is 0 Å². The van der Waals surface area contributed by atoms with Crippen molar-refractivity contribution in [3.63, 3.8) is 0 Å². The van der Waals surface area contributed by atoms with E-state index in [-0.39, 0.29) is 0 Å². The third kappa shape index (κ3) is 7.80. The van der Waals surface area contributed by atoms with Crippen LogP contribution in [0.1, 0.15) is 11.1 Å². The Kier molecular flexibility index (Phi) is 10.4. The van der Waals surface area contributed by atoms with E-state index in [0.29, 0.717) is 18.8 Å². The van der Waals surface area contributed by atoms with Gasteiger partial charge in [0.2, 0.25) is 0 Å². The molecule has 0 nitrogen and oxygen atoms in total. The molecule has 0 spiro atoms. The monoisotopic (exact) mass is 462 g/mol. The molecule has 0 radical (unpaired) electrons. The molecule has 0 heterocycles. The number of allylic oxidation sites excluding steroid dienone is 2. The lowest BCUT2D eigenvalue weighted by atomic mass is 10.2. The normalized spacial score (nSPS) is 13.2. The van der Waals surface area contributed by atoms with Gasteiger partial charge in [0.05, 0.1) is 18.8 Å². The zero-order valence-electron chi connectivity index (χ0n) is 13.9. The van der Waals surface area contributed by atoms with Gasteiger partial charge in [-0.15, -0.1) is 23.5 Å². The zero-order chi connectivity index (χ0) is 18.8. The van der Waals surface area contributed by atoms with Gasteiger partial charge < -0.3 is 0 Å². The molecule has 2 aromatic carbocycles. The van der Waals surface area contributed by atoms with Crippen LogP contribution in [0.2, 0.25) is 0 Å². The highest BCUT2D eigenvalue weighted by Crippen LogP contribution is 2.38. The Bertz CT molecular complexity index is 677. The van der Waals surface area contributed by atoms with Gasteiger partial charge in [-0.25, -0.2) is 0 Å². The highest BCUT2D eigenvalue weighted by atomic mass is 35.5. The molecule has 0 aliphatic heterocycles. The van der Waals surface area contributed by atoms with E-state index in [1.165, 1.54) is 34.7 Å². The van der Waals surface area contributed by atoms with Crippen molar-refractivity contribution < 1.29 is 0 Å². The fourth-order valence-corrected chi connectivity index (χ4v) is 4.97. The standard InChI is InChI=1S/C20H18Cl4S2/c21-17(19(23)25-13-11-15-7-3-1-4-8-15)18(22)20(24)26-14-12-16-9-5-2-6-10-16/h1-10H,11-14H2/b19-17+,20-18+. The van der Waals surface area contributed by atoms with Crippen LogP contribution in [-0.2, 0) is 12.8 Å². The SMILES string of the molecule is Cl/C(SCCc1ccccc1)=C(Cl)/C(Cl)=C(/Cl)SCCc1ccccc1. The summed E-state index contributed by atoms with van der Waals surface area (Å²) in [6.07, 6.45) is 1.82. The van der Waals surface area contributed by atoms with E-state index < -0.39 is 0 Å². The van der Waals surface area contributed by atoms with Gasteiger partial charge >= 0.3 is 0 Å². The number of hydrogen-bond donors (Lipinski definition) is 0. The van der Waals surface area contributed by atoms with E-state index in [2.05, 4.69) is 24.3 Å². The van der Waals surface area contributed by atoms with Gasteiger partial charge in [-0.3, -0.25) is 0 Å². The van der Waals surface area contributed by atoms with E-state index >= 15 is 0 Å². The summed E-state index contributed by atoms with van der Waals surface area (Å²) in [5.41, 5.74) is 2.52. The van der Waals surface area contributed by atoms with E-state index in [1.807, 2.05) is 36.4 Å². The topological polar surface area (TPSA) is 0 Å². The highest BCUT2D eigenvalue weighted by molar-refractivity contribution is 8.05. The fraction of sp³-hybridized carbons (Fsp3) is 0.200. The average Bonchev–Trinajstić information content (AvgIpc) is 2.68. The Morgan fingerprint density at radius 2 is 0.923 bits per heavy atom. The van der Waals surface area contributed by atoms with Gasteiger partial charge in [0.1, 0.15) is 0 Å². The van der Waals surface area contributed by atoms with Gasteiger partial charge in [-0.1, -0.05) is 107 Å². The molecule has 0 unspecified atom stereocenters. The minimum Gasteiger partial charge on any atom is -0.112 e. The van der Waals surface area contributed by atoms with Crippen LogP contribution in [0.3, 0.4) is 0 Å². The first-order valence-electron chi connectivity index (χ1n) is 8.02. The van der Waals surface area contributed by atoms with Gasteiger partial charge in [0.25, 0.3) is 0 Å². The summed E-state index contributed by atoms with van der Waals surface area (Å²) < 4.78 is 0.934. The molecule has 0 aliphatic rings. The van der Waals surface area contributed by atoms with E-state index in [9.17, 15) is 0 Å². The van der Waals surface area contributed by atoms with Gasteiger partial charge in [0, 0.05) is 11.5 Å². The molecule has 6 heteroatoms. The number of hydrogen-bond acceptors (Lipinski definition) is 2. The number of rotatable bonds is 9. The molecule has 0 aromatic heterocycles. The first-order valence-corrected chi connectivity index (χ1v) is 11.5. The van der Waals surface area contributed by atoms with Crippen LogP contribution in [0.25, 0.3) is 0 Å². The van der Waals surface area contributed by atoms with Crippen LogP contribution in [0, 0.1) is 0 Å². The van der Waals surface area contributed by atoms with Crippen LogP contribution in [0.15, 0.2) is 79.5 Å². The molecule has 0 saturated carbocycles. The van der Waals surface area contributed by atoms with Crippen molar-refractivity contribution >= 4 is 69.9 Å². The van der Waals surface area contributed by atoms with Gasteiger partial charge in [-0.05, 0) is 24.0 Å². The number of thioether (sulfide) groups is 2. The summed E-state index contributed by atoms with van der Waals surface area (Å²) in [6.45, 7) is 0. The fourth-order valence-electron chi connectivity index (χ4n) is 2.11. The molecular weight excluding hydrogens is 446 g/mol. The maximum Gasteiger partial charge on any atom is 0.0937 e. The first kappa shape index (κ1) is 22.1. The molecule has 0 fully saturated rings. The second kappa shape index (κ2) is 12.3. The summed E-state index contributed by atoms with van der Waals surface area (Å²) >= 11 is 28.1. The average molecular weight is 464 g/mol. The van der Waals surface area contributed by atoms with Crippen molar-refractivity contribution in [2.75, 3.05) is 11.5 Å². The maximum absolute atomic E-state index is 6.29. The summed E-state index contributed by atoms with van der Waals surface area (Å²) in [5.74, 6) is 1.64. The van der Waals surface area contributed by atoms with Crippen molar-refractivity contribution in [3.8, 4) is 0 Å². The molecule has 0 saturated heterocycles. The Morgan fingerprint density at radius 3 is 1.27 bits per heavy atom. The third-order valence-corrected chi connectivity index (χ3v) is 7.50. The van der Waals surface area contributed by atoms with E-state index in [1.54, 1.807) is 0 Å². The van der Waals surface area contributed by atoms with E-state index in [0.717, 1.165) is 24.3 Å². The summed E-state index contributed by atoms with van der Waals surface area (Å²) in [4.78, 5) is 0. The Morgan fingerprint density at radius 1 is 0.577 bits per heavy atom. The Balaban J connectivity index is 1.84. The van der Waals surface area contributed by atoms with E-state index in [4.69, 9.17) is 46.4 Å². The smallest absolute Gasteiger partial charge is 0.0937 e. The molecule has 2 rings (SSSR count). The van der Waals surface area contributed by atoms with Crippen molar-refractivity contribution in [3.05, 3.63) is 90.6 Å².